The summed E-state index contributed by atoms with van der Waals surface area (Å²) in [5.74, 6) is -0.492. The third-order valence-electron chi connectivity index (χ3n) is 5.41. The SMILES string of the molecule is CCCCCC(=O)OCCC[C@H](CC[C@H](C)OC(=O)CCCCC)OC(=O)CCCCC. The Morgan fingerprint density at radius 3 is 1.62 bits per heavy atom. The molecule has 0 saturated carbocycles. The molecule has 0 fully saturated rings. The first-order chi connectivity index (χ1) is 15.4. The monoisotopic (exact) mass is 456 g/mol. The number of esters is 3. The highest BCUT2D eigenvalue weighted by molar-refractivity contribution is 5.70. The van der Waals surface area contributed by atoms with Gasteiger partial charge in [-0.3, -0.25) is 14.4 Å². The summed E-state index contributed by atoms with van der Waals surface area (Å²) in [6.45, 7) is 8.53. The van der Waals surface area contributed by atoms with Gasteiger partial charge in [-0.15, -0.1) is 0 Å². The van der Waals surface area contributed by atoms with Crippen LogP contribution < -0.4 is 0 Å². The van der Waals surface area contributed by atoms with Gasteiger partial charge in [0.15, 0.2) is 0 Å². The van der Waals surface area contributed by atoms with Gasteiger partial charge in [-0.05, 0) is 51.9 Å². The van der Waals surface area contributed by atoms with Gasteiger partial charge in [0, 0.05) is 19.3 Å². The Morgan fingerprint density at radius 2 is 1.09 bits per heavy atom. The van der Waals surface area contributed by atoms with Gasteiger partial charge in [-0.25, -0.2) is 0 Å². The van der Waals surface area contributed by atoms with Crippen molar-refractivity contribution < 1.29 is 28.6 Å². The largest absolute Gasteiger partial charge is 0.466 e. The number of rotatable bonds is 21. The predicted molar refractivity (Wildman–Crippen MR) is 127 cm³/mol. The standard InChI is InChI=1S/C26H48O6/c1-5-8-11-16-24(27)30-21-14-15-23(32-26(29)18-13-10-7-3)20-19-22(4)31-25(28)17-12-9-6-2/h22-23H,5-21H2,1-4H3/t22-,23+/m0/s1. The fourth-order valence-electron chi connectivity index (χ4n) is 3.40. The maximum atomic E-state index is 12.2. The van der Waals surface area contributed by atoms with Crippen molar-refractivity contribution in [2.24, 2.45) is 0 Å². The van der Waals surface area contributed by atoms with E-state index in [-0.39, 0.29) is 30.1 Å². The molecule has 6 heteroatoms. The van der Waals surface area contributed by atoms with E-state index in [0.29, 0.717) is 51.6 Å². The van der Waals surface area contributed by atoms with E-state index in [1.54, 1.807) is 0 Å². The number of hydrogen-bond donors (Lipinski definition) is 0. The Bertz CT molecular complexity index is 491. The molecule has 0 spiro atoms. The molecule has 0 radical (unpaired) electrons. The molecule has 0 unspecified atom stereocenters. The molecule has 0 amide bonds. The fraction of sp³-hybridized carbons (Fsp3) is 0.885. The summed E-state index contributed by atoms with van der Waals surface area (Å²) in [7, 11) is 0. The predicted octanol–water partition coefficient (Wildman–Crippen LogP) is 6.67. The molecule has 0 aliphatic heterocycles. The molecular formula is C26H48O6. The third kappa shape index (κ3) is 19.1. The lowest BCUT2D eigenvalue weighted by Gasteiger charge is -2.20. The molecule has 0 saturated heterocycles. The molecule has 0 aliphatic rings. The first kappa shape index (κ1) is 30.4. The Balaban J connectivity index is 4.39. The average molecular weight is 457 g/mol. The number of hydrogen-bond acceptors (Lipinski definition) is 6. The Morgan fingerprint density at radius 1 is 0.594 bits per heavy atom. The summed E-state index contributed by atoms with van der Waals surface area (Å²) in [4.78, 5) is 35.8. The lowest BCUT2D eigenvalue weighted by molar-refractivity contribution is -0.153. The number of carbonyl (C=O) groups excluding carboxylic acids is 3. The number of unbranched alkanes of at least 4 members (excludes halogenated alkanes) is 6. The highest BCUT2D eigenvalue weighted by atomic mass is 16.6. The van der Waals surface area contributed by atoms with Crippen LogP contribution in [0.1, 0.15) is 130 Å². The minimum atomic E-state index is -0.246. The van der Waals surface area contributed by atoms with Gasteiger partial charge in [0.05, 0.1) is 12.7 Å². The summed E-state index contributed by atoms with van der Waals surface area (Å²) < 4.78 is 16.5. The zero-order valence-corrected chi connectivity index (χ0v) is 21.1. The van der Waals surface area contributed by atoms with Gasteiger partial charge < -0.3 is 14.2 Å². The molecule has 0 aromatic carbocycles. The van der Waals surface area contributed by atoms with Crippen LogP contribution in [-0.4, -0.2) is 36.7 Å². The van der Waals surface area contributed by atoms with Crippen molar-refractivity contribution in [3.05, 3.63) is 0 Å². The van der Waals surface area contributed by atoms with Crippen LogP contribution in [0.15, 0.2) is 0 Å². The summed E-state index contributed by atoms with van der Waals surface area (Å²) in [5.41, 5.74) is 0. The first-order valence-corrected chi connectivity index (χ1v) is 13.0. The van der Waals surface area contributed by atoms with Crippen LogP contribution in [0.2, 0.25) is 0 Å². The van der Waals surface area contributed by atoms with E-state index < -0.39 is 0 Å². The molecular weight excluding hydrogens is 408 g/mol. The Kier molecular flexibility index (Phi) is 20.2. The van der Waals surface area contributed by atoms with Gasteiger partial charge in [-0.1, -0.05) is 59.3 Å². The summed E-state index contributed by atoms with van der Waals surface area (Å²) in [6, 6.07) is 0. The van der Waals surface area contributed by atoms with E-state index in [4.69, 9.17) is 14.2 Å². The van der Waals surface area contributed by atoms with Crippen molar-refractivity contribution >= 4 is 17.9 Å². The lowest BCUT2D eigenvalue weighted by atomic mass is 10.1. The summed E-state index contributed by atoms with van der Waals surface area (Å²) in [6.07, 6.45) is 12.3. The topological polar surface area (TPSA) is 78.9 Å². The second-order valence-electron chi connectivity index (χ2n) is 8.72. The van der Waals surface area contributed by atoms with Crippen molar-refractivity contribution in [3.8, 4) is 0 Å². The molecule has 0 rings (SSSR count). The maximum absolute atomic E-state index is 12.2. The van der Waals surface area contributed by atoms with Gasteiger partial charge in [0.2, 0.25) is 0 Å². The van der Waals surface area contributed by atoms with Crippen molar-refractivity contribution in [1.29, 1.82) is 0 Å². The molecule has 188 valence electrons. The fourth-order valence-corrected chi connectivity index (χ4v) is 3.40. The van der Waals surface area contributed by atoms with Gasteiger partial charge in [-0.2, -0.15) is 0 Å². The third-order valence-corrected chi connectivity index (χ3v) is 5.41. The zero-order valence-electron chi connectivity index (χ0n) is 21.1. The maximum Gasteiger partial charge on any atom is 0.306 e. The van der Waals surface area contributed by atoms with Crippen molar-refractivity contribution in [2.45, 2.75) is 143 Å². The van der Waals surface area contributed by atoms with Gasteiger partial charge in [0.25, 0.3) is 0 Å². The quantitative estimate of drug-likeness (QED) is 0.109. The van der Waals surface area contributed by atoms with Crippen LogP contribution in [0.3, 0.4) is 0 Å². The van der Waals surface area contributed by atoms with Crippen LogP contribution in [0.5, 0.6) is 0 Å². The smallest absolute Gasteiger partial charge is 0.306 e. The first-order valence-electron chi connectivity index (χ1n) is 13.0. The normalized spacial score (nSPS) is 12.8. The van der Waals surface area contributed by atoms with Crippen LogP contribution in [0.4, 0.5) is 0 Å². The Labute approximate surface area is 196 Å². The zero-order chi connectivity index (χ0) is 24.0. The molecule has 6 nitrogen and oxygen atoms in total. The highest BCUT2D eigenvalue weighted by Gasteiger charge is 2.18. The van der Waals surface area contributed by atoms with E-state index in [1.807, 2.05) is 6.92 Å². The van der Waals surface area contributed by atoms with Gasteiger partial charge >= 0.3 is 17.9 Å². The van der Waals surface area contributed by atoms with Crippen LogP contribution in [0, 0.1) is 0 Å². The van der Waals surface area contributed by atoms with E-state index in [0.717, 1.165) is 57.8 Å². The number of carbonyl (C=O) groups is 3. The van der Waals surface area contributed by atoms with E-state index in [9.17, 15) is 14.4 Å². The summed E-state index contributed by atoms with van der Waals surface area (Å²) >= 11 is 0. The minimum Gasteiger partial charge on any atom is -0.466 e. The molecule has 2 atom stereocenters. The van der Waals surface area contributed by atoms with Crippen molar-refractivity contribution in [1.82, 2.24) is 0 Å². The van der Waals surface area contributed by atoms with E-state index in [1.165, 1.54) is 0 Å². The van der Waals surface area contributed by atoms with Crippen LogP contribution in [-0.2, 0) is 28.6 Å². The van der Waals surface area contributed by atoms with E-state index in [2.05, 4.69) is 20.8 Å². The summed E-state index contributed by atoms with van der Waals surface area (Å²) in [5, 5.41) is 0. The Hall–Kier alpha value is -1.59. The van der Waals surface area contributed by atoms with Crippen molar-refractivity contribution in [3.63, 3.8) is 0 Å². The average Bonchev–Trinajstić information content (AvgIpc) is 2.75. The second-order valence-corrected chi connectivity index (χ2v) is 8.72. The van der Waals surface area contributed by atoms with Crippen LogP contribution >= 0.6 is 0 Å². The molecule has 0 N–H and O–H groups in total. The second kappa shape index (κ2) is 21.3. The molecule has 0 aliphatic carbocycles. The molecule has 0 bridgehead atoms. The lowest BCUT2D eigenvalue weighted by Crippen LogP contribution is -2.22. The van der Waals surface area contributed by atoms with E-state index >= 15 is 0 Å². The molecule has 0 aromatic heterocycles. The number of ether oxygens (including phenoxy) is 3. The molecule has 0 heterocycles. The minimum absolute atomic E-state index is 0.157. The van der Waals surface area contributed by atoms with Crippen LogP contribution in [0.25, 0.3) is 0 Å². The highest BCUT2D eigenvalue weighted by Crippen LogP contribution is 2.16. The molecule has 0 aromatic rings. The van der Waals surface area contributed by atoms with Gasteiger partial charge in [0.1, 0.15) is 6.10 Å². The molecule has 32 heavy (non-hydrogen) atoms. The van der Waals surface area contributed by atoms with Crippen molar-refractivity contribution in [2.75, 3.05) is 6.61 Å².